The summed E-state index contributed by atoms with van der Waals surface area (Å²) in [5.41, 5.74) is 0.827. The normalized spacial score (nSPS) is 20.3. The fourth-order valence-corrected chi connectivity index (χ4v) is 1.81. The van der Waals surface area contributed by atoms with Crippen LogP contribution in [0.25, 0.3) is 0 Å². The van der Waals surface area contributed by atoms with Crippen molar-refractivity contribution < 1.29 is 14.3 Å². The molecule has 0 amide bonds. The van der Waals surface area contributed by atoms with Gasteiger partial charge in [0, 0.05) is 17.7 Å². The predicted octanol–water partition coefficient (Wildman–Crippen LogP) is 1.87. The molecule has 3 nitrogen and oxygen atoms in total. The van der Waals surface area contributed by atoms with E-state index in [9.17, 15) is 9.18 Å². The summed E-state index contributed by atoms with van der Waals surface area (Å²) in [7, 11) is 0. The summed E-state index contributed by atoms with van der Waals surface area (Å²) in [6.45, 7) is 0.553. The zero-order valence-electron chi connectivity index (χ0n) is 8.61. The topological polar surface area (TPSA) is 49.3 Å². The van der Waals surface area contributed by atoms with Gasteiger partial charge in [-0.05, 0) is 12.5 Å². The number of carboxylic acid groups (broad SMARTS) is 1. The van der Waals surface area contributed by atoms with Gasteiger partial charge in [0.1, 0.15) is 5.82 Å². The van der Waals surface area contributed by atoms with Gasteiger partial charge in [0.2, 0.25) is 0 Å². The number of hydrogen-bond acceptors (Lipinski definition) is 2. The second-order valence-electron chi connectivity index (χ2n) is 3.70. The molecule has 4 heteroatoms. The Morgan fingerprint density at radius 2 is 2.19 bits per heavy atom. The molecule has 0 aromatic heterocycles. The molecule has 0 bridgehead atoms. The Hall–Kier alpha value is -1.68. The molecule has 16 heavy (non-hydrogen) atoms. The van der Waals surface area contributed by atoms with Gasteiger partial charge in [-0.25, -0.2) is 9.18 Å². The summed E-state index contributed by atoms with van der Waals surface area (Å²) >= 11 is 0. The number of carbonyl (C=O) groups is 1. The molecule has 0 spiro atoms. The summed E-state index contributed by atoms with van der Waals surface area (Å²) in [5.74, 6) is -1.24. The van der Waals surface area contributed by atoms with E-state index in [1.165, 1.54) is 6.07 Å². The maximum absolute atomic E-state index is 13.5. The highest BCUT2D eigenvalue weighted by atomic mass is 19.1. The van der Waals surface area contributed by atoms with Crippen molar-refractivity contribution >= 4 is 5.97 Å². The lowest BCUT2D eigenvalue weighted by Crippen LogP contribution is -2.28. The molecule has 0 fully saturated rings. The first-order valence-corrected chi connectivity index (χ1v) is 5.10. The first-order valence-electron chi connectivity index (χ1n) is 5.10. The lowest BCUT2D eigenvalue weighted by Gasteiger charge is -2.21. The Morgan fingerprint density at radius 1 is 1.44 bits per heavy atom. The molecule has 84 valence electrons. The summed E-state index contributed by atoms with van der Waals surface area (Å²) in [6, 6.07) is 6.04. The van der Waals surface area contributed by atoms with Crippen LogP contribution in [0.3, 0.4) is 0 Å². The third-order valence-electron chi connectivity index (χ3n) is 2.64. The number of benzene rings is 1. The molecule has 1 aromatic carbocycles. The van der Waals surface area contributed by atoms with Gasteiger partial charge in [0.25, 0.3) is 0 Å². The highest BCUT2D eigenvalue weighted by Gasteiger charge is 2.20. The average molecular weight is 221 g/mol. The molecule has 1 aliphatic rings. The third-order valence-corrected chi connectivity index (χ3v) is 2.64. The average Bonchev–Trinajstić information content (AvgIpc) is 2.30. The quantitative estimate of drug-likeness (QED) is 0.801. The number of halogens is 1. The van der Waals surface area contributed by atoms with Crippen molar-refractivity contribution in [3.8, 4) is 0 Å². The van der Waals surface area contributed by atoms with Gasteiger partial charge in [-0.15, -0.1) is 0 Å². The van der Waals surface area contributed by atoms with E-state index in [1.54, 1.807) is 24.3 Å². The fraction of sp³-hybridized carbons (Fsp3) is 0.250. The minimum atomic E-state index is -0.928. The standard InChI is InChI=1S/C12H12FNO2/c13-10-4-2-1-3-9(10)11-7-8(12(15)16)5-6-14-11/h1-4,7,11,14H,5-6H2,(H,15,16). The van der Waals surface area contributed by atoms with Crippen LogP contribution in [0.2, 0.25) is 0 Å². The molecule has 0 aliphatic carbocycles. The Morgan fingerprint density at radius 3 is 2.88 bits per heavy atom. The summed E-state index contributed by atoms with van der Waals surface area (Å²) < 4.78 is 13.5. The van der Waals surface area contributed by atoms with Crippen LogP contribution in [0.1, 0.15) is 18.0 Å². The molecular formula is C12H12FNO2. The van der Waals surface area contributed by atoms with Gasteiger partial charge in [-0.2, -0.15) is 0 Å². The van der Waals surface area contributed by atoms with Crippen LogP contribution in [-0.2, 0) is 4.79 Å². The highest BCUT2D eigenvalue weighted by molar-refractivity contribution is 5.86. The Balaban J connectivity index is 2.32. The second kappa shape index (κ2) is 4.45. The molecule has 1 aliphatic heterocycles. The minimum absolute atomic E-state index is 0.317. The van der Waals surface area contributed by atoms with E-state index in [2.05, 4.69) is 5.32 Å². The van der Waals surface area contributed by atoms with Gasteiger partial charge in [-0.3, -0.25) is 0 Å². The summed E-state index contributed by atoms with van der Waals surface area (Å²) in [4.78, 5) is 10.8. The SMILES string of the molecule is O=C(O)C1=CC(c2ccccc2F)NCC1. The molecule has 1 atom stereocenters. The summed E-state index contributed by atoms with van der Waals surface area (Å²) in [5, 5.41) is 12.0. The molecule has 1 heterocycles. The first kappa shape index (κ1) is 10.8. The second-order valence-corrected chi connectivity index (χ2v) is 3.70. The van der Waals surface area contributed by atoms with Crippen LogP contribution in [0.4, 0.5) is 4.39 Å². The van der Waals surface area contributed by atoms with E-state index in [-0.39, 0.29) is 11.9 Å². The smallest absolute Gasteiger partial charge is 0.331 e. The van der Waals surface area contributed by atoms with Gasteiger partial charge < -0.3 is 10.4 Å². The number of hydrogen-bond donors (Lipinski definition) is 2. The fourth-order valence-electron chi connectivity index (χ4n) is 1.81. The molecule has 2 N–H and O–H groups in total. The van der Waals surface area contributed by atoms with Gasteiger partial charge in [0.05, 0.1) is 6.04 Å². The molecule has 1 aromatic rings. The molecule has 0 saturated heterocycles. The van der Waals surface area contributed by atoms with Crippen molar-refractivity contribution in [1.82, 2.24) is 5.32 Å². The molecular weight excluding hydrogens is 209 g/mol. The molecule has 0 saturated carbocycles. The minimum Gasteiger partial charge on any atom is -0.478 e. The molecule has 0 radical (unpaired) electrons. The Kier molecular flexibility index (Phi) is 3.01. The monoisotopic (exact) mass is 221 g/mol. The van der Waals surface area contributed by atoms with Crippen LogP contribution < -0.4 is 5.32 Å². The van der Waals surface area contributed by atoms with Crippen LogP contribution >= 0.6 is 0 Å². The van der Waals surface area contributed by atoms with Gasteiger partial charge in [0.15, 0.2) is 0 Å². The van der Waals surface area contributed by atoms with Crippen LogP contribution in [-0.4, -0.2) is 17.6 Å². The largest absolute Gasteiger partial charge is 0.478 e. The van der Waals surface area contributed by atoms with E-state index < -0.39 is 5.97 Å². The highest BCUT2D eigenvalue weighted by Crippen LogP contribution is 2.23. The number of aliphatic carboxylic acids is 1. The third kappa shape index (κ3) is 2.12. The zero-order valence-corrected chi connectivity index (χ0v) is 8.61. The maximum Gasteiger partial charge on any atom is 0.331 e. The first-order chi connectivity index (χ1) is 7.68. The van der Waals surface area contributed by atoms with Crippen LogP contribution in [0.15, 0.2) is 35.9 Å². The number of carboxylic acids is 1. The maximum atomic E-state index is 13.5. The van der Waals surface area contributed by atoms with Crippen LogP contribution in [0.5, 0.6) is 0 Å². The zero-order chi connectivity index (χ0) is 11.5. The van der Waals surface area contributed by atoms with E-state index in [0.717, 1.165) is 0 Å². The Bertz CT molecular complexity index is 442. The van der Waals surface area contributed by atoms with Crippen molar-refractivity contribution in [2.24, 2.45) is 0 Å². The van der Waals surface area contributed by atoms with E-state index in [1.807, 2.05) is 0 Å². The van der Waals surface area contributed by atoms with Crippen molar-refractivity contribution in [1.29, 1.82) is 0 Å². The number of nitrogens with one attached hydrogen (secondary N) is 1. The number of rotatable bonds is 2. The van der Waals surface area contributed by atoms with Gasteiger partial charge in [-0.1, -0.05) is 24.3 Å². The van der Waals surface area contributed by atoms with E-state index in [0.29, 0.717) is 24.1 Å². The van der Waals surface area contributed by atoms with Crippen molar-refractivity contribution in [2.45, 2.75) is 12.5 Å². The van der Waals surface area contributed by atoms with E-state index in [4.69, 9.17) is 5.11 Å². The Labute approximate surface area is 92.6 Å². The van der Waals surface area contributed by atoms with Crippen molar-refractivity contribution in [2.75, 3.05) is 6.54 Å². The van der Waals surface area contributed by atoms with Crippen LogP contribution in [0, 0.1) is 5.82 Å². The molecule has 2 rings (SSSR count). The van der Waals surface area contributed by atoms with Crippen molar-refractivity contribution in [3.05, 3.63) is 47.3 Å². The lowest BCUT2D eigenvalue weighted by atomic mass is 9.98. The predicted molar refractivity (Wildman–Crippen MR) is 57.5 cm³/mol. The summed E-state index contributed by atoms with van der Waals surface area (Å²) in [6.07, 6.45) is 2.05. The lowest BCUT2D eigenvalue weighted by molar-refractivity contribution is -0.132. The van der Waals surface area contributed by atoms with Crippen molar-refractivity contribution in [3.63, 3.8) is 0 Å². The van der Waals surface area contributed by atoms with Gasteiger partial charge >= 0.3 is 5.97 Å². The van der Waals surface area contributed by atoms with E-state index >= 15 is 0 Å². The molecule has 1 unspecified atom stereocenters.